The highest BCUT2D eigenvalue weighted by molar-refractivity contribution is 7.15. The van der Waals surface area contributed by atoms with Gasteiger partial charge >= 0.3 is 0 Å². The van der Waals surface area contributed by atoms with Gasteiger partial charge in [-0.05, 0) is 6.54 Å². The van der Waals surface area contributed by atoms with Gasteiger partial charge in [0.15, 0.2) is 4.96 Å². The van der Waals surface area contributed by atoms with Crippen molar-refractivity contribution in [3.63, 3.8) is 0 Å². The Labute approximate surface area is 109 Å². The standard InChI is InChI=1S/C12H15N5S/c1-2-13-5-10-6-14-17(7-10)9-11-8-16-3-4-18-12(16)15-11/h3-4,6-8,13H,2,5,9H2,1H3. The lowest BCUT2D eigenvalue weighted by atomic mass is 10.3. The molecule has 0 spiro atoms. The largest absolute Gasteiger partial charge is 0.313 e. The third-order valence-electron chi connectivity index (χ3n) is 2.73. The van der Waals surface area contributed by atoms with Crippen molar-refractivity contribution in [3.05, 3.63) is 41.4 Å². The van der Waals surface area contributed by atoms with E-state index in [1.165, 1.54) is 5.56 Å². The third kappa shape index (κ3) is 2.30. The molecular formula is C12H15N5S. The van der Waals surface area contributed by atoms with E-state index in [1.54, 1.807) is 11.3 Å². The number of hydrogen-bond acceptors (Lipinski definition) is 4. The van der Waals surface area contributed by atoms with E-state index in [9.17, 15) is 0 Å². The summed E-state index contributed by atoms with van der Waals surface area (Å²) in [5.41, 5.74) is 2.25. The molecule has 0 aliphatic rings. The van der Waals surface area contributed by atoms with Gasteiger partial charge in [-0.15, -0.1) is 11.3 Å². The van der Waals surface area contributed by atoms with Crippen molar-refractivity contribution in [2.75, 3.05) is 6.54 Å². The number of nitrogens with one attached hydrogen (secondary N) is 1. The van der Waals surface area contributed by atoms with Crippen molar-refractivity contribution in [2.45, 2.75) is 20.0 Å². The minimum Gasteiger partial charge on any atom is -0.313 e. The summed E-state index contributed by atoms with van der Waals surface area (Å²) in [6, 6.07) is 0. The van der Waals surface area contributed by atoms with Crippen LogP contribution in [-0.4, -0.2) is 25.7 Å². The Kier molecular flexibility index (Phi) is 3.12. The van der Waals surface area contributed by atoms with Gasteiger partial charge in [-0.1, -0.05) is 6.92 Å². The molecule has 3 aromatic rings. The third-order valence-corrected chi connectivity index (χ3v) is 3.50. The highest BCUT2D eigenvalue weighted by atomic mass is 32.1. The first-order chi connectivity index (χ1) is 8.85. The van der Waals surface area contributed by atoms with Crippen LogP contribution in [0.25, 0.3) is 4.96 Å². The average Bonchev–Trinajstić information content (AvgIpc) is 3.02. The van der Waals surface area contributed by atoms with Crippen LogP contribution in [0.15, 0.2) is 30.2 Å². The summed E-state index contributed by atoms with van der Waals surface area (Å²) in [4.78, 5) is 5.58. The van der Waals surface area contributed by atoms with Gasteiger partial charge in [-0.25, -0.2) is 4.98 Å². The van der Waals surface area contributed by atoms with E-state index in [0.717, 1.165) is 30.3 Å². The molecule has 0 atom stereocenters. The first-order valence-corrected chi connectivity index (χ1v) is 6.86. The van der Waals surface area contributed by atoms with Gasteiger partial charge in [-0.3, -0.25) is 9.08 Å². The minimum atomic E-state index is 0.723. The van der Waals surface area contributed by atoms with Gasteiger partial charge in [0.05, 0.1) is 18.4 Å². The summed E-state index contributed by atoms with van der Waals surface area (Å²) in [5.74, 6) is 0. The van der Waals surface area contributed by atoms with Gasteiger partial charge in [0.25, 0.3) is 0 Å². The number of hydrogen-bond donors (Lipinski definition) is 1. The van der Waals surface area contributed by atoms with E-state index in [1.807, 2.05) is 26.9 Å². The number of thiazole rings is 1. The molecule has 5 nitrogen and oxygen atoms in total. The quantitative estimate of drug-likeness (QED) is 0.761. The Bertz CT molecular complexity index is 607. The number of imidazole rings is 1. The van der Waals surface area contributed by atoms with E-state index in [4.69, 9.17) is 0 Å². The minimum absolute atomic E-state index is 0.723. The van der Waals surface area contributed by atoms with Crippen molar-refractivity contribution in [1.29, 1.82) is 0 Å². The van der Waals surface area contributed by atoms with E-state index >= 15 is 0 Å². The fourth-order valence-electron chi connectivity index (χ4n) is 1.87. The monoisotopic (exact) mass is 261 g/mol. The topological polar surface area (TPSA) is 47.2 Å². The lowest BCUT2D eigenvalue weighted by molar-refractivity contribution is 0.673. The molecule has 3 rings (SSSR count). The van der Waals surface area contributed by atoms with Gasteiger partial charge in [-0.2, -0.15) is 5.10 Å². The summed E-state index contributed by atoms with van der Waals surface area (Å²) >= 11 is 1.65. The van der Waals surface area contributed by atoms with E-state index in [2.05, 4.69) is 34.7 Å². The molecule has 18 heavy (non-hydrogen) atoms. The van der Waals surface area contributed by atoms with Crippen LogP contribution >= 0.6 is 11.3 Å². The van der Waals surface area contributed by atoms with Crippen LogP contribution in [0.1, 0.15) is 18.2 Å². The molecule has 0 aromatic carbocycles. The number of aromatic nitrogens is 4. The zero-order chi connectivity index (χ0) is 12.4. The molecule has 94 valence electrons. The van der Waals surface area contributed by atoms with Crippen LogP contribution in [0.4, 0.5) is 0 Å². The van der Waals surface area contributed by atoms with Gasteiger partial charge in [0, 0.05) is 36.1 Å². The smallest absolute Gasteiger partial charge is 0.193 e. The summed E-state index contributed by atoms with van der Waals surface area (Å²) in [6.07, 6.45) is 8.05. The van der Waals surface area contributed by atoms with E-state index < -0.39 is 0 Å². The fraction of sp³-hybridized carbons (Fsp3) is 0.333. The predicted molar refractivity (Wildman–Crippen MR) is 71.8 cm³/mol. The maximum absolute atomic E-state index is 4.54. The lowest BCUT2D eigenvalue weighted by Crippen LogP contribution is -2.11. The Hall–Kier alpha value is -1.66. The van der Waals surface area contributed by atoms with Crippen LogP contribution < -0.4 is 5.32 Å². The van der Waals surface area contributed by atoms with Crippen LogP contribution in [-0.2, 0) is 13.1 Å². The number of rotatable bonds is 5. The Morgan fingerprint density at radius 3 is 3.17 bits per heavy atom. The predicted octanol–water partition coefficient (Wildman–Crippen LogP) is 1.75. The van der Waals surface area contributed by atoms with Crippen LogP contribution in [0.3, 0.4) is 0 Å². The SMILES string of the molecule is CCNCc1cnn(Cc2cn3ccsc3n2)c1. The lowest BCUT2D eigenvalue weighted by Gasteiger charge is -1.97. The van der Waals surface area contributed by atoms with Crippen LogP contribution in [0.5, 0.6) is 0 Å². The Morgan fingerprint density at radius 1 is 1.39 bits per heavy atom. The summed E-state index contributed by atoms with van der Waals surface area (Å²) in [6.45, 7) is 4.67. The van der Waals surface area contributed by atoms with Crippen molar-refractivity contribution in [3.8, 4) is 0 Å². The second kappa shape index (κ2) is 4.91. The van der Waals surface area contributed by atoms with E-state index in [-0.39, 0.29) is 0 Å². The molecule has 0 aliphatic heterocycles. The summed E-state index contributed by atoms with van der Waals surface area (Å²) in [5, 5.41) is 9.67. The molecule has 6 heteroatoms. The molecule has 0 saturated carbocycles. The molecule has 0 saturated heterocycles. The molecule has 0 aliphatic carbocycles. The molecule has 0 fully saturated rings. The Morgan fingerprint density at radius 2 is 2.33 bits per heavy atom. The van der Waals surface area contributed by atoms with Crippen LogP contribution in [0.2, 0.25) is 0 Å². The highest BCUT2D eigenvalue weighted by Gasteiger charge is 2.04. The number of fused-ring (bicyclic) bond motifs is 1. The van der Waals surface area contributed by atoms with Crippen LogP contribution in [0, 0.1) is 0 Å². The zero-order valence-corrected chi connectivity index (χ0v) is 11.0. The second-order valence-electron chi connectivity index (χ2n) is 4.15. The molecule has 0 bridgehead atoms. The molecule has 3 aromatic heterocycles. The normalized spacial score (nSPS) is 11.4. The molecule has 3 heterocycles. The first kappa shape index (κ1) is 11.4. The van der Waals surface area contributed by atoms with E-state index in [0.29, 0.717) is 0 Å². The summed E-state index contributed by atoms with van der Waals surface area (Å²) < 4.78 is 3.97. The molecule has 0 amide bonds. The average molecular weight is 261 g/mol. The Balaban J connectivity index is 1.72. The molecule has 1 N–H and O–H groups in total. The molecule has 0 radical (unpaired) electrons. The van der Waals surface area contributed by atoms with Crippen molar-refractivity contribution in [2.24, 2.45) is 0 Å². The maximum atomic E-state index is 4.54. The zero-order valence-electron chi connectivity index (χ0n) is 10.2. The molecular weight excluding hydrogens is 246 g/mol. The van der Waals surface area contributed by atoms with Crippen molar-refractivity contribution >= 4 is 16.3 Å². The fourth-order valence-corrected chi connectivity index (χ4v) is 2.59. The maximum Gasteiger partial charge on any atom is 0.193 e. The van der Waals surface area contributed by atoms with Gasteiger partial charge in [0.1, 0.15) is 0 Å². The first-order valence-electron chi connectivity index (χ1n) is 5.98. The highest BCUT2D eigenvalue weighted by Crippen LogP contribution is 2.12. The summed E-state index contributed by atoms with van der Waals surface area (Å²) in [7, 11) is 0. The van der Waals surface area contributed by atoms with Gasteiger partial charge in [0.2, 0.25) is 0 Å². The molecule has 0 unspecified atom stereocenters. The number of nitrogens with zero attached hydrogens (tertiary/aromatic N) is 4. The van der Waals surface area contributed by atoms with Crippen molar-refractivity contribution < 1.29 is 0 Å². The second-order valence-corrected chi connectivity index (χ2v) is 5.02. The van der Waals surface area contributed by atoms with Gasteiger partial charge < -0.3 is 5.32 Å². The van der Waals surface area contributed by atoms with Crippen molar-refractivity contribution in [1.82, 2.24) is 24.5 Å².